The minimum atomic E-state index is -0.171. The predicted molar refractivity (Wildman–Crippen MR) is 80.3 cm³/mol. The first-order valence-corrected chi connectivity index (χ1v) is 7.26. The standard InChI is InChI=1S/C14H19BrClNO/c1-14(2,3)12(15)13(18)17-9-8-10-4-6-11(16)7-5-10/h4-7,12H,8-9H2,1-3H3,(H,17,18). The molecule has 0 aliphatic carbocycles. The topological polar surface area (TPSA) is 29.1 Å². The molecule has 4 heteroatoms. The maximum atomic E-state index is 11.9. The zero-order chi connectivity index (χ0) is 13.8. The highest BCUT2D eigenvalue weighted by Crippen LogP contribution is 2.25. The first-order valence-electron chi connectivity index (χ1n) is 5.97. The molecule has 0 fully saturated rings. The molecule has 0 aliphatic rings. The van der Waals surface area contributed by atoms with Crippen molar-refractivity contribution in [2.24, 2.45) is 5.41 Å². The van der Waals surface area contributed by atoms with Crippen molar-refractivity contribution in [2.45, 2.75) is 32.0 Å². The summed E-state index contributed by atoms with van der Waals surface area (Å²) >= 11 is 9.24. The van der Waals surface area contributed by atoms with Gasteiger partial charge in [-0.3, -0.25) is 4.79 Å². The third kappa shape index (κ3) is 4.99. The number of rotatable bonds is 4. The normalized spacial score (nSPS) is 13.2. The molecule has 100 valence electrons. The van der Waals surface area contributed by atoms with Gasteiger partial charge in [-0.2, -0.15) is 0 Å². The van der Waals surface area contributed by atoms with Gasteiger partial charge in [0.1, 0.15) is 0 Å². The molecule has 2 nitrogen and oxygen atoms in total. The molecule has 1 unspecified atom stereocenters. The van der Waals surface area contributed by atoms with Crippen LogP contribution in [0.4, 0.5) is 0 Å². The van der Waals surface area contributed by atoms with Crippen molar-refractivity contribution in [1.29, 1.82) is 0 Å². The van der Waals surface area contributed by atoms with Crippen LogP contribution >= 0.6 is 27.5 Å². The number of halogens is 2. The van der Waals surface area contributed by atoms with E-state index in [0.29, 0.717) is 6.54 Å². The van der Waals surface area contributed by atoms with Crippen LogP contribution in [0, 0.1) is 5.41 Å². The fourth-order valence-electron chi connectivity index (χ4n) is 1.46. The van der Waals surface area contributed by atoms with Crippen LogP contribution < -0.4 is 5.32 Å². The Morgan fingerprint density at radius 2 is 1.89 bits per heavy atom. The highest BCUT2D eigenvalue weighted by Gasteiger charge is 2.28. The second-order valence-corrected chi connectivity index (χ2v) is 6.75. The first kappa shape index (κ1) is 15.5. The highest BCUT2D eigenvalue weighted by atomic mass is 79.9. The van der Waals surface area contributed by atoms with E-state index in [2.05, 4.69) is 21.2 Å². The van der Waals surface area contributed by atoms with Crippen molar-refractivity contribution in [3.05, 3.63) is 34.9 Å². The van der Waals surface area contributed by atoms with E-state index in [9.17, 15) is 4.79 Å². The van der Waals surface area contributed by atoms with Crippen molar-refractivity contribution < 1.29 is 4.79 Å². The molecule has 1 aromatic carbocycles. The second-order valence-electron chi connectivity index (χ2n) is 5.40. The third-order valence-electron chi connectivity index (χ3n) is 2.62. The molecule has 0 saturated heterocycles. The zero-order valence-corrected chi connectivity index (χ0v) is 13.3. The summed E-state index contributed by atoms with van der Waals surface area (Å²) in [4.78, 5) is 11.7. The van der Waals surface area contributed by atoms with Gasteiger partial charge in [-0.15, -0.1) is 0 Å². The van der Waals surface area contributed by atoms with E-state index >= 15 is 0 Å². The Morgan fingerprint density at radius 1 is 1.33 bits per heavy atom. The van der Waals surface area contributed by atoms with Crippen molar-refractivity contribution in [3.63, 3.8) is 0 Å². The lowest BCUT2D eigenvalue weighted by atomic mass is 9.92. The number of alkyl halides is 1. The Balaban J connectivity index is 2.38. The number of carbonyl (C=O) groups is 1. The molecule has 0 aliphatic heterocycles. The van der Waals surface area contributed by atoms with Crippen molar-refractivity contribution in [2.75, 3.05) is 6.54 Å². The first-order chi connectivity index (χ1) is 8.30. The van der Waals surface area contributed by atoms with Crippen LogP contribution in [0.25, 0.3) is 0 Å². The van der Waals surface area contributed by atoms with Gasteiger partial charge in [-0.1, -0.05) is 60.4 Å². The molecule has 1 amide bonds. The van der Waals surface area contributed by atoms with E-state index in [-0.39, 0.29) is 16.1 Å². The lowest BCUT2D eigenvalue weighted by molar-refractivity contribution is -0.121. The van der Waals surface area contributed by atoms with E-state index in [4.69, 9.17) is 11.6 Å². The van der Waals surface area contributed by atoms with E-state index in [1.165, 1.54) is 5.56 Å². The monoisotopic (exact) mass is 331 g/mol. The second kappa shape index (κ2) is 6.58. The number of amides is 1. The molecule has 0 saturated carbocycles. The number of carbonyl (C=O) groups excluding carboxylic acids is 1. The summed E-state index contributed by atoms with van der Waals surface area (Å²) in [6.45, 7) is 6.74. The lowest BCUT2D eigenvalue weighted by Crippen LogP contribution is -2.39. The molecule has 0 spiro atoms. The summed E-state index contributed by atoms with van der Waals surface area (Å²) in [6, 6.07) is 7.68. The Hall–Kier alpha value is -0.540. The maximum Gasteiger partial charge on any atom is 0.234 e. The molecule has 18 heavy (non-hydrogen) atoms. The SMILES string of the molecule is CC(C)(C)C(Br)C(=O)NCCc1ccc(Cl)cc1. The molecule has 1 atom stereocenters. The van der Waals surface area contributed by atoms with Gasteiger partial charge in [-0.25, -0.2) is 0 Å². The van der Waals surface area contributed by atoms with Gasteiger partial charge < -0.3 is 5.32 Å². The van der Waals surface area contributed by atoms with Crippen molar-refractivity contribution in [1.82, 2.24) is 5.32 Å². The molecule has 1 rings (SSSR count). The summed E-state index contributed by atoms with van der Waals surface area (Å²) in [6.07, 6.45) is 0.812. The third-order valence-corrected chi connectivity index (χ3v) is 4.66. The fourth-order valence-corrected chi connectivity index (χ4v) is 1.75. The molecular formula is C14H19BrClNO. The van der Waals surface area contributed by atoms with Gasteiger partial charge in [0.05, 0.1) is 4.83 Å². The predicted octanol–water partition coefficient (Wildman–Crippen LogP) is 3.81. The lowest BCUT2D eigenvalue weighted by Gasteiger charge is -2.24. The number of nitrogens with one attached hydrogen (secondary N) is 1. The molecule has 1 aromatic rings. The van der Waals surface area contributed by atoms with Crippen molar-refractivity contribution >= 4 is 33.4 Å². The van der Waals surface area contributed by atoms with Gasteiger partial charge in [0.15, 0.2) is 0 Å². The summed E-state index contributed by atoms with van der Waals surface area (Å²) in [5, 5.41) is 3.67. The largest absolute Gasteiger partial charge is 0.355 e. The molecule has 1 N–H and O–H groups in total. The Morgan fingerprint density at radius 3 is 2.39 bits per heavy atom. The van der Waals surface area contributed by atoms with Crippen molar-refractivity contribution in [3.8, 4) is 0 Å². The zero-order valence-electron chi connectivity index (χ0n) is 11.0. The average molecular weight is 333 g/mol. The highest BCUT2D eigenvalue weighted by molar-refractivity contribution is 9.10. The Bertz CT molecular complexity index is 397. The van der Waals surface area contributed by atoms with E-state index in [1.54, 1.807) is 0 Å². The quantitative estimate of drug-likeness (QED) is 0.835. The van der Waals surface area contributed by atoms with Gasteiger partial charge in [-0.05, 0) is 29.5 Å². The van der Waals surface area contributed by atoms with Gasteiger partial charge in [0.2, 0.25) is 5.91 Å². The molecule has 0 heterocycles. The van der Waals surface area contributed by atoms with Crippen LogP contribution in [0.2, 0.25) is 5.02 Å². The van der Waals surface area contributed by atoms with E-state index in [1.807, 2.05) is 45.0 Å². The molecule has 0 aromatic heterocycles. The smallest absolute Gasteiger partial charge is 0.234 e. The Kier molecular flexibility index (Phi) is 5.67. The van der Waals surface area contributed by atoms with E-state index < -0.39 is 0 Å². The van der Waals surface area contributed by atoms with Crippen LogP contribution in [-0.2, 0) is 11.2 Å². The maximum absolute atomic E-state index is 11.9. The molecule has 0 bridgehead atoms. The minimum Gasteiger partial charge on any atom is -0.355 e. The fraction of sp³-hybridized carbons (Fsp3) is 0.500. The van der Waals surface area contributed by atoms with Gasteiger partial charge >= 0.3 is 0 Å². The summed E-state index contributed by atoms with van der Waals surface area (Å²) in [7, 11) is 0. The van der Waals surface area contributed by atoms with Crippen LogP contribution in [0.15, 0.2) is 24.3 Å². The van der Waals surface area contributed by atoms with Crippen LogP contribution in [0.3, 0.4) is 0 Å². The van der Waals surface area contributed by atoms with E-state index in [0.717, 1.165) is 11.4 Å². The van der Waals surface area contributed by atoms with Gasteiger partial charge in [0, 0.05) is 11.6 Å². The average Bonchev–Trinajstić information content (AvgIpc) is 2.29. The summed E-state index contributed by atoms with van der Waals surface area (Å²) < 4.78 is 0. The number of benzene rings is 1. The van der Waals surface area contributed by atoms with Gasteiger partial charge in [0.25, 0.3) is 0 Å². The molecule has 0 radical (unpaired) electrons. The van der Waals surface area contributed by atoms with Crippen LogP contribution in [0.1, 0.15) is 26.3 Å². The summed E-state index contributed by atoms with van der Waals surface area (Å²) in [5.74, 6) is 0.0384. The van der Waals surface area contributed by atoms with Crippen LogP contribution in [-0.4, -0.2) is 17.3 Å². The minimum absolute atomic E-state index is 0.0384. The number of hydrogen-bond donors (Lipinski definition) is 1. The van der Waals surface area contributed by atoms with Crippen LogP contribution in [0.5, 0.6) is 0 Å². The number of hydrogen-bond acceptors (Lipinski definition) is 1. The Labute approximate surface area is 122 Å². The summed E-state index contributed by atoms with van der Waals surface area (Å²) in [5.41, 5.74) is 1.09. The molecular weight excluding hydrogens is 314 g/mol.